The van der Waals surface area contributed by atoms with Crippen LogP contribution < -0.4 is 5.73 Å². The van der Waals surface area contributed by atoms with Crippen LogP contribution in [0, 0.1) is 29.6 Å². The van der Waals surface area contributed by atoms with Gasteiger partial charge in [-0.05, 0) is 54.1 Å². The Morgan fingerprint density at radius 2 is 1.74 bits per heavy atom. The Balaban J connectivity index is 1.42. The summed E-state index contributed by atoms with van der Waals surface area (Å²) in [7, 11) is 5.40. The van der Waals surface area contributed by atoms with Crippen molar-refractivity contribution in [3.8, 4) is 11.3 Å². The van der Waals surface area contributed by atoms with Gasteiger partial charge in [-0.3, -0.25) is 14.4 Å². The third-order valence-corrected chi connectivity index (χ3v) is 11.5. The van der Waals surface area contributed by atoms with Gasteiger partial charge in [0.1, 0.15) is 35.9 Å². The average Bonchev–Trinajstić information content (AvgIpc) is 3.80. The number of rotatable bonds is 10. The number of Topliss-reactive ketones (excluding diaryl/α,β-unsaturated/α-hetero) is 2. The van der Waals surface area contributed by atoms with E-state index in [1.165, 1.54) is 39.6 Å². The standard InChI is InChI=1S/C39H55FN6O11/c1-21-14-39(51-9,20-52-29-13-26(46(7)8)12-23(3)56-29)15-22(2)33(48)38(6,40)36(50)53-19-37(5)31(24(4)32(21)47)30(35(49)57-37)34(41)45-55-18-28-42-16-25(17-43-28)27-10-11-54-44-27/h10-11,16-17,21-24,26,29-31H,12-15,18-20H2,1-9H3,(H2,41,45)/t21-,22-,23-,24-,26+,29?,30-,31+,37-,38+,39-/m1/s1. The van der Waals surface area contributed by atoms with E-state index in [4.69, 9.17) is 38.8 Å². The lowest BCUT2D eigenvalue weighted by atomic mass is 9.69. The molecule has 2 N–H and O–H groups in total. The highest BCUT2D eigenvalue weighted by molar-refractivity contribution is 6.07. The lowest BCUT2D eigenvalue weighted by Gasteiger charge is -2.41. The molecule has 3 saturated heterocycles. The maximum absolute atomic E-state index is 16.3. The van der Waals surface area contributed by atoms with Crippen LogP contribution >= 0.6 is 0 Å². The van der Waals surface area contributed by atoms with Crippen molar-refractivity contribution in [2.45, 2.75) is 109 Å². The predicted molar refractivity (Wildman–Crippen MR) is 199 cm³/mol. The fraction of sp³-hybridized carbons (Fsp3) is 0.692. The van der Waals surface area contributed by atoms with E-state index in [9.17, 15) is 19.2 Å². The molecule has 0 radical (unpaired) electrons. The number of hydrogen-bond donors (Lipinski definition) is 1. The van der Waals surface area contributed by atoms with Crippen molar-refractivity contribution in [2.75, 3.05) is 34.4 Å². The number of esters is 2. The minimum Gasteiger partial charge on any atom is -0.459 e. The number of carbonyl (C=O) groups excluding carboxylic acids is 4. The molecule has 314 valence electrons. The number of nitrogens with zero attached hydrogens (tertiary/aromatic N) is 5. The van der Waals surface area contributed by atoms with E-state index in [0.29, 0.717) is 17.7 Å². The molecular formula is C39H55FN6O11. The lowest BCUT2D eigenvalue weighted by Crippen LogP contribution is -2.52. The van der Waals surface area contributed by atoms with Gasteiger partial charge in [0.25, 0.3) is 5.67 Å². The molecule has 0 aliphatic carbocycles. The zero-order valence-electron chi connectivity index (χ0n) is 34.1. The molecule has 1 unspecified atom stereocenters. The second-order valence-electron chi connectivity index (χ2n) is 16.3. The van der Waals surface area contributed by atoms with E-state index in [2.05, 4.69) is 25.2 Å². The quantitative estimate of drug-likeness (QED) is 0.120. The fourth-order valence-electron chi connectivity index (χ4n) is 8.37. The molecule has 0 bridgehead atoms. The molecule has 2 aromatic heterocycles. The van der Waals surface area contributed by atoms with Crippen LogP contribution in [0.3, 0.4) is 0 Å². The van der Waals surface area contributed by atoms with Crippen LogP contribution in [0.15, 0.2) is 34.4 Å². The molecule has 0 spiro atoms. The van der Waals surface area contributed by atoms with E-state index >= 15 is 4.39 Å². The fourth-order valence-corrected chi connectivity index (χ4v) is 8.37. The highest BCUT2D eigenvalue weighted by Gasteiger charge is 2.60. The molecular weight excluding hydrogens is 747 g/mol. The minimum atomic E-state index is -3.07. The van der Waals surface area contributed by atoms with Gasteiger partial charge in [0.15, 0.2) is 30.3 Å². The van der Waals surface area contributed by atoms with E-state index < -0.39 is 77.1 Å². The Hall–Kier alpha value is -4.39. The van der Waals surface area contributed by atoms with Crippen LogP contribution in [-0.2, 0) is 54.3 Å². The van der Waals surface area contributed by atoms with Crippen molar-refractivity contribution in [2.24, 2.45) is 40.5 Å². The lowest BCUT2D eigenvalue weighted by molar-refractivity contribution is -0.228. The number of ketones is 2. The normalized spacial score (nSPS) is 36.0. The van der Waals surface area contributed by atoms with Crippen molar-refractivity contribution >= 4 is 29.3 Å². The van der Waals surface area contributed by atoms with Crippen LogP contribution in [-0.4, -0.2) is 119 Å². The summed E-state index contributed by atoms with van der Waals surface area (Å²) < 4.78 is 50.8. The van der Waals surface area contributed by atoms with Crippen LogP contribution in [0.25, 0.3) is 11.3 Å². The zero-order chi connectivity index (χ0) is 41.9. The Kier molecular flexibility index (Phi) is 13.5. The monoisotopic (exact) mass is 802 g/mol. The van der Waals surface area contributed by atoms with Crippen LogP contribution in [0.2, 0.25) is 0 Å². The van der Waals surface area contributed by atoms with Gasteiger partial charge in [0, 0.05) is 67.3 Å². The number of oxime groups is 1. The van der Waals surface area contributed by atoms with Gasteiger partial charge in [-0.25, -0.2) is 19.2 Å². The first-order chi connectivity index (χ1) is 26.8. The first-order valence-electron chi connectivity index (χ1n) is 19.1. The number of amidine groups is 1. The number of aromatic nitrogens is 3. The van der Waals surface area contributed by atoms with Crippen LogP contribution in [0.5, 0.6) is 0 Å². The summed E-state index contributed by atoms with van der Waals surface area (Å²) in [6.45, 7) is 8.09. The Morgan fingerprint density at radius 3 is 2.37 bits per heavy atom. The number of carbonyl (C=O) groups is 4. The average molecular weight is 803 g/mol. The summed E-state index contributed by atoms with van der Waals surface area (Å²) in [6, 6.07) is 1.84. The van der Waals surface area contributed by atoms with Gasteiger partial charge in [-0.2, -0.15) is 0 Å². The van der Waals surface area contributed by atoms with Gasteiger partial charge in [0.2, 0.25) is 0 Å². The summed E-state index contributed by atoms with van der Waals surface area (Å²) in [5.41, 5.74) is 1.48. The number of nitrogens with two attached hydrogens (primary N) is 1. The van der Waals surface area contributed by atoms with Gasteiger partial charge in [-0.1, -0.05) is 31.1 Å². The smallest absolute Gasteiger partial charge is 0.351 e. The molecule has 0 amide bonds. The molecule has 0 aromatic carbocycles. The minimum absolute atomic E-state index is 0.0438. The largest absolute Gasteiger partial charge is 0.459 e. The molecule has 0 saturated carbocycles. The van der Waals surface area contributed by atoms with E-state index in [0.717, 1.165) is 13.3 Å². The zero-order valence-corrected chi connectivity index (χ0v) is 34.1. The van der Waals surface area contributed by atoms with E-state index in [-0.39, 0.29) is 55.6 Å². The van der Waals surface area contributed by atoms with Crippen molar-refractivity contribution in [1.82, 2.24) is 20.0 Å². The maximum atomic E-state index is 16.3. The van der Waals surface area contributed by atoms with Crippen molar-refractivity contribution in [3.63, 3.8) is 0 Å². The van der Waals surface area contributed by atoms with Gasteiger partial charge in [0.05, 0.1) is 18.3 Å². The summed E-state index contributed by atoms with van der Waals surface area (Å²) in [6.07, 6.45) is 5.09. The number of alkyl halides is 1. The molecule has 11 atom stereocenters. The molecule has 5 heterocycles. The third-order valence-electron chi connectivity index (χ3n) is 11.5. The Labute approximate surface area is 331 Å². The highest BCUT2D eigenvalue weighted by Crippen LogP contribution is 2.45. The Morgan fingerprint density at radius 1 is 1.05 bits per heavy atom. The molecule has 57 heavy (non-hydrogen) atoms. The van der Waals surface area contributed by atoms with Crippen LogP contribution in [0.4, 0.5) is 4.39 Å². The molecule has 3 aliphatic rings. The van der Waals surface area contributed by atoms with Gasteiger partial charge < -0.3 is 43.7 Å². The number of methoxy groups -OCH3 is 1. The number of hydrogen-bond acceptors (Lipinski definition) is 16. The van der Waals surface area contributed by atoms with Crippen molar-refractivity contribution in [1.29, 1.82) is 0 Å². The third kappa shape index (κ3) is 9.67. The van der Waals surface area contributed by atoms with Crippen molar-refractivity contribution in [3.05, 3.63) is 30.5 Å². The first-order valence-corrected chi connectivity index (χ1v) is 19.1. The summed E-state index contributed by atoms with van der Waals surface area (Å²) in [4.78, 5) is 71.1. The van der Waals surface area contributed by atoms with Gasteiger partial charge in [-0.15, -0.1) is 0 Å². The number of ether oxygens (including phenoxy) is 5. The summed E-state index contributed by atoms with van der Waals surface area (Å²) in [5, 5.41) is 7.82. The second kappa shape index (κ2) is 17.6. The summed E-state index contributed by atoms with van der Waals surface area (Å²) in [5.74, 6) is -8.93. The molecule has 5 rings (SSSR count). The first kappa shape index (κ1) is 43.7. The number of fused-ring (bicyclic) bond motifs is 1. The van der Waals surface area contributed by atoms with E-state index in [1.807, 2.05) is 21.0 Å². The van der Waals surface area contributed by atoms with Crippen LogP contribution in [0.1, 0.15) is 73.1 Å². The number of halogens is 1. The molecule has 17 nitrogen and oxygen atoms in total. The second-order valence-corrected chi connectivity index (χ2v) is 16.3. The SMILES string of the molecule is CO[C@]1(COC2C[C@@H](N(C)C)C[C@@H](C)O2)C[C@@H](C)C(=O)[C@H](C)[C@H]2[C@H](/C(N)=N/OCc3ncc(-c4ccon4)cn3)C(=O)O[C@]2(C)COC(=O)[C@@](C)(F)C(=O)[C@H](C)C1. The van der Waals surface area contributed by atoms with Gasteiger partial charge >= 0.3 is 11.9 Å². The summed E-state index contributed by atoms with van der Waals surface area (Å²) >= 11 is 0. The maximum Gasteiger partial charge on any atom is 0.351 e. The predicted octanol–water partition coefficient (Wildman–Crippen LogP) is 3.44. The Bertz CT molecular complexity index is 1780. The number of cyclic esters (lactones) is 1. The molecule has 18 heteroatoms. The molecule has 2 aromatic rings. The molecule has 3 fully saturated rings. The highest BCUT2D eigenvalue weighted by atomic mass is 19.1. The van der Waals surface area contributed by atoms with Crippen molar-refractivity contribution < 1.29 is 56.6 Å². The topological polar surface area (TPSA) is 217 Å². The van der Waals surface area contributed by atoms with E-state index in [1.54, 1.807) is 19.9 Å². The molecule has 3 aliphatic heterocycles.